The fourth-order valence-electron chi connectivity index (χ4n) is 4.84. The monoisotopic (exact) mass is 387 g/mol. The second-order valence-electron chi connectivity index (χ2n) is 9.29. The van der Waals surface area contributed by atoms with Crippen LogP contribution in [0.1, 0.15) is 74.4 Å². The molecule has 2 fully saturated rings. The Morgan fingerprint density at radius 2 is 1.57 bits per heavy atom. The smallest absolute Gasteiger partial charge is 0.410 e. The number of carbonyl (C=O) groups is 2. The Hall–Kier alpha value is -2.04. The summed E-state index contributed by atoms with van der Waals surface area (Å²) in [6.07, 6.45) is 4.21. The number of benzene rings is 1. The average molecular weight is 388 g/mol. The predicted octanol–water partition coefficient (Wildman–Crippen LogP) is 5.06. The van der Waals surface area contributed by atoms with Gasteiger partial charge in [0.15, 0.2) is 5.78 Å². The van der Waals surface area contributed by atoms with Crippen molar-refractivity contribution in [3.05, 3.63) is 28.8 Å². The van der Waals surface area contributed by atoms with Crippen molar-refractivity contribution in [2.24, 2.45) is 5.92 Å². The van der Waals surface area contributed by atoms with E-state index in [1.54, 1.807) is 7.11 Å². The molecule has 0 saturated carbocycles. The molecule has 2 aliphatic rings. The molecule has 1 aromatic rings. The van der Waals surface area contributed by atoms with Crippen LogP contribution in [0.4, 0.5) is 4.79 Å². The summed E-state index contributed by atoms with van der Waals surface area (Å²) in [6, 6.07) is 4.04. The van der Waals surface area contributed by atoms with Crippen molar-refractivity contribution in [2.45, 2.75) is 84.4 Å². The van der Waals surface area contributed by atoms with Crippen LogP contribution < -0.4 is 4.74 Å². The maximum atomic E-state index is 13.4. The number of ether oxygens (including phenoxy) is 2. The minimum Gasteiger partial charge on any atom is -0.497 e. The zero-order chi connectivity index (χ0) is 20.6. The number of hydrogen-bond donors (Lipinski definition) is 0. The van der Waals surface area contributed by atoms with E-state index in [1.165, 1.54) is 0 Å². The average Bonchev–Trinajstić information content (AvgIpc) is 2.58. The molecule has 1 amide bonds. The van der Waals surface area contributed by atoms with Crippen LogP contribution in [-0.4, -0.2) is 41.6 Å². The first-order chi connectivity index (χ1) is 13.1. The fourth-order valence-corrected chi connectivity index (χ4v) is 4.84. The highest BCUT2D eigenvalue weighted by Crippen LogP contribution is 2.40. The van der Waals surface area contributed by atoms with Crippen LogP contribution in [0.25, 0.3) is 0 Å². The van der Waals surface area contributed by atoms with Gasteiger partial charge in [-0.05, 0) is 90.0 Å². The Kier molecular flexibility index (Phi) is 5.74. The first-order valence-corrected chi connectivity index (χ1v) is 10.3. The fraction of sp³-hybridized carbons (Fsp3) is 0.652. The minimum atomic E-state index is -0.505. The number of methoxy groups -OCH3 is 1. The van der Waals surface area contributed by atoms with Crippen molar-refractivity contribution in [2.75, 3.05) is 7.11 Å². The van der Waals surface area contributed by atoms with Gasteiger partial charge >= 0.3 is 6.09 Å². The summed E-state index contributed by atoms with van der Waals surface area (Å²) in [7, 11) is 1.64. The largest absolute Gasteiger partial charge is 0.497 e. The molecule has 0 aromatic heterocycles. The highest BCUT2D eigenvalue weighted by atomic mass is 16.6. The van der Waals surface area contributed by atoms with E-state index in [2.05, 4.69) is 0 Å². The lowest BCUT2D eigenvalue weighted by atomic mass is 9.75. The molecule has 0 spiro atoms. The molecule has 28 heavy (non-hydrogen) atoms. The number of aryl methyl sites for hydroxylation is 2. The van der Waals surface area contributed by atoms with Crippen LogP contribution in [0.3, 0.4) is 0 Å². The number of ketones is 1. The number of amides is 1. The lowest BCUT2D eigenvalue weighted by molar-refractivity contribution is -0.0261. The molecule has 2 heterocycles. The van der Waals surface area contributed by atoms with E-state index in [0.717, 1.165) is 54.5 Å². The Labute approximate surface area is 168 Å². The first-order valence-electron chi connectivity index (χ1n) is 10.3. The maximum Gasteiger partial charge on any atom is 0.410 e. The lowest BCUT2D eigenvalue weighted by Crippen LogP contribution is -2.56. The van der Waals surface area contributed by atoms with Gasteiger partial charge in [-0.2, -0.15) is 0 Å². The van der Waals surface area contributed by atoms with E-state index in [-0.39, 0.29) is 29.9 Å². The van der Waals surface area contributed by atoms with E-state index < -0.39 is 5.60 Å². The van der Waals surface area contributed by atoms with E-state index in [4.69, 9.17) is 9.47 Å². The molecule has 0 aliphatic carbocycles. The van der Waals surface area contributed by atoms with E-state index >= 15 is 0 Å². The molecule has 1 aromatic carbocycles. The van der Waals surface area contributed by atoms with E-state index in [0.29, 0.717) is 0 Å². The van der Waals surface area contributed by atoms with Gasteiger partial charge in [0.25, 0.3) is 0 Å². The van der Waals surface area contributed by atoms with Gasteiger partial charge in [0.05, 0.1) is 7.11 Å². The van der Waals surface area contributed by atoms with Crippen LogP contribution in [0.15, 0.2) is 12.1 Å². The number of hydrogen-bond acceptors (Lipinski definition) is 4. The van der Waals surface area contributed by atoms with E-state index in [1.807, 2.05) is 51.7 Å². The van der Waals surface area contributed by atoms with Crippen LogP contribution in [0.2, 0.25) is 0 Å². The van der Waals surface area contributed by atoms with Gasteiger partial charge in [-0.1, -0.05) is 0 Å². The molecule has 5 nitrogen and oxygen atoms in total. The summed E-state index contributed by atoms with van der Waals surface area (Å²) in [6.45, 7) is 9.63. The summed E-state index contributed by atoms with van der Waals surface area (Å²) in [5.41, 5.74) is 2.23. The molecule has 0 N–H and O–H groups in total. The Morgan fingerprint density at radius 1 is 1.04 bits per heavy atom. The highest BCUT2D eigenvalue weighted by Gasteiger charge is 2.44. The normalized spacial score (nSPS) is 24.6. The molecule has 2 saturated heterocycles. The third-order valence-electron chi connectivity index (χ3n) is 5.94. The van der Waals surface area contributed by atoms with Crippen LogP contribution in [-0.2, 0) is 4.74 Å². The Morgan fingerprint density at radius 3 is 2.04 bits per heavy atom. The topological polar surface area (TPSA) is 55.8 Å². The molecule has 2 atom stereocenters. The number of fused-ring (bicyclic) bond motifs is 2. The van der Waals surface area contributed by atoms with Crippen LogP contribution in [0.5, 0.6) is 5.75 Å². The predicted molar refractivity (Wildman–Crippen MR) is 109 cm³/mol. The van der Waals surface area contributed by atoms with Crippen molar-refractivity contribution >= 4 is 11.9 Å². The molecule has 2 aliphatic heterocycles. The van der Waals surface area contributed by atoms with Gasteiger partial charge in [0.1, 0.15) is 11.4 Å². The summed E-state index contributed by atoms with van der Waals surface area (Å²) < 4.78 is 11.0. The molecular weight excluding hydrogens is 354 g/mol. The highest BCUT2D eigenvalue weighted by molar-refractivity contribution is 6.00. The number of piperidine rings is 2. The molecule has 0 radical (unpaired) electrons. The Balaban J connectivity index is 1.80. The second-order valence-corrected chi connectivity index (χ2v) is 9.29. The molecule has 3 rings (SSSR count). The van der Waals surface area contributed by atoms with Gasteiger partial charge in [-0.15, -0.1) is 0 Å². The number of Topliss-reactive ketones (excluding diaryl/α,β-unsaturated/α-hetero) is 1. The van der Waals surface area contributed by atoms with Crippen molar-refractivity contribution in [3.63, 3.8) is 0 Å². The number of nitrogens with zero attached hydrogens (tertiary/aromatic N) is 1. The summed E-state index contributed by atoms with van der Waals surface area (Å²) in [5.74, 6) is 0.946. The van der Waals surface area contributed by atoms with Gasteiger partial charge in [0, 0.05) is 23.6 Å². The summed E-state index contributed by atoms with van der Waals surface area (Å²) >= 11 is 0. The molecule has 2 bridgehead atoms. The molecule has 154 valence electrons. The molecular formula is C23H33NO4. The van der Waals surface area contributed by atoms with Gasteiger partial charge < -0.3 is 14.4 Å². The van der Waals surface area contributed by atoms with Crippen molar-refractivity contribution in [3.8, 4) is 5.75 Å². The molecule has 5 heteroatoms. The van der Waals surface area contributed by atoms with Crippen LogP contribution >= 0.6 is 0 Å². The van der Waals surface area contributed by atoms with Crippen molar-refractivity contribution in [1.29, 1.82) is 0 Å². The number of carbonyl (C=O) groups excluding carboxylic acids is 2. The SMILES string of the molecule is COc1cc(C)c(C(=O)C2CC3CCCC(C2)N3C(=O)OC(C)(C)C)c(C)c1. The second kappa shape index (κ2) is 7.76. The maximum absolute atomic E-state index is 13.4. The van der Waals surface area contributed by atoms with Gasteiger partial charge in [-0.25, -0.2) is 4.79 Å². The van der Waals surface area contributed by atoms with Gasteiger partial charge in [-0.3, -0.25) is 4.79 Å². The minimum absolute atomic E-state index is 0.0419. The summed E-state index contributed by atoms with van der Waals surface area (Å²) in [5, 5.41) is 0. The quantitative estimate of drug-likeness (QED) is 0.680. The summed E-state index contributed by atoms with van der Waals surface area (Å²) in [4.78, 5) is 28.1. The third kappa shape index (κ3) is 4.18. The zero-order valence-corrected chi connectivity index (χ0v) is 18.0. The van der Waals surface area contributed by atoms with E-state index in [9.17, 15) is 9.59 Å². The van der Waals surface area contributed by atoms with Crippen LogP contribution in [0, 0.1) is 19.8 Å². The van der Waals surface area contributed by atoms with Crippen molar-refractivity contribution in [1.82, 2.24) is 4.90 Å². The van der Waals surface area contributed by atoms with Gasteiger partial charge in [0.2, 0.25) is 0 Å². The standard InChI is InChI=1S/C23H33NO4/c1-14-10-19(27-6)11-15(2)20(14)21(25)16-12-17-8-7-9-18(13-16)24(17)22(26)28-23(3,4)5/h10-11,16-18H,7-9,12-13H2,1-6H3. The number of rotatable bonds is 3. The zero-order valence-electron chi connectivity index (χ0n) is 18.0. The third-order valence-corrected chi connectivity index (χ3v) is 5.94. The lowest BCUT2D eigenvalue weighted by Gasteiger charge is -2.48. The molecule has 2 unspecified atom stereocenters. The Bertz CT molecular complexity index is 727. The van der Waals surface area contributed by atoms with Crippen molar-refractivity contribution < 1.29 is 19.1 Å². The first kappa shape index (κ1) is 20.7.